The summed E-state index contributed by atoms with van der Waals surface area (Å²) >= 11 is 0. The lowest BCUT2D eigenvalue weighted by molar-refractivity contribution is 0.228. The predicted molar refractivity (Wildman–Crippen MR) is 148 cm³/mol. The molecule has 0 amide bonds. The van der Waals surface area contributed by atoms with Crippen molar-refractivity contribution < 1.29 is 5.11 Å². The van der Waals surface area contributed by atoms with E-state index in [1.165, 1.54) is 12.8 Å². The van der Waals surface area contributed by atoms with Gasteiger partial charge in [0.05, 0.1) is 5.50 Å². The van der Waals surface area contributed by atoms with Crippen molar-refractivity contribution in [1.82, 2.24) is 0 Å². The fourth-order valence-corrected chi connectivity index (χ4v) is 2.53. The van der Waals surface area contributed by atoms with Crippen molar-refractivity contribution in [2.24, 2.45) is 0 Å². The summed E-state index contributed by atoms with van der Waals surface area (Å²) in [5.41, 5.74) is -0.898. The first-order chi connectivity index (χ1) is 12.7. The number of hydrogen-bond acceptors (Lipinski definition) is 1. The molecule has 0 aliphatic carbocycles. The molecule has 0 saturated carbocycles. The van der Waals surface area contributed by atoms with Crippen LogP contribution < -0.4 is 0 Å². The molecule has 1 nitrogen and oxygen atoms in total. The molecule has 146 valence electrons. The zero-order valence-corrected chi connectivity index (χ0v) is 20.0. The van der Waals surface area contributed by atoms with Crippen molar-refractivity contribution in [3.8, 4) is 0 Å². The molecule has 1 atom stereocenters. The van der Waals surface area contributed by atoms with Crippen LogP contribution in [0.4, 0.5) is 0 Å². The minimum atomic E-state index is -0.898. The van der Waals surface area contributed by atoms with Gasteiger partial charge in [0, 0.05) is 0 Å². The van der Waals surface area contributed by atoms with Crippen LogP contribution in [-0.4, -0.2) is 65.5 Å². The van der Waals surface area contributed by atoms with Crippen LogP contribution in [-0.2, 0) is 0 Å². The van der Waals surface area contributed by atoms with Gasteiger partial charge in [-0.05, 0) is 12.8 Å². The molecule has 0 aromatic rings. The Bertz CT molecular complexity index is 600. The Morgan fingerprint density at radius 2 is 1.04 bits per heavy atom. The SMILES string of the molecule is BC(B)(/C=C\CCCC)/C=C\C(B)(B)/C=C\C(B)(B)/C=C\C(B)(O)/C=C\CC. The van der Waals surface area contributed by atoms with Crippen molar-refractivity contribution in [2.75, 3.05) is 0 Å². The molecule has 0 bridgehead atoms. The first-order valence-corrected chi connectivity index (χ1v) is 10.9. The van der Waals surface area contributed by atoms with Crippen LogP contribution in [0, 0.1) is 0 Å². The molecule has 28 heavy (non-hydrogen) atoms. The Morgan fingerprint density at radius 1 is 0.607 bits per heavy atom. The highest BCUT2D eigenvalue weighted by Crippen LogP contribution is 2.30. The van der Waals surface area contributed by atoms with Crippen LogP contribution in [0.25, 0.3) is 0 Å². The van der Waals surface area contributed by atoms with Gasteiger partial charge in [0.2, 0.25) is 0 Å². The standard InChI is InChI=1S/C20H39B7O/c1-3-5-7-8-9-17(21,22)11-12-18(23,24)13-14-19(25,26)15-16-20(27,28)10-6-4-2/h6,8-16,28H,3-5,7,21-27H2,1-2H3/b9-8-,10-6-,12-11-,14-13-,16-15-. The third-order valence-electron chi connectivity index (χ3n) is 4.70. The first kappa shape index (κ1) is 27.1. The molecule has 0 heterocycles. The molecule has 0 aliphatic heterocycles. The van der Waals surface area contributed by atoms with Crippen molar-refractivity contribution >= 4 is 54.9 Å². The topological polar surface area (TPSA) is 20.2 Å². The summed E-state index contributed by atoms with van der Waals surface area (Å²) in [4.78, 5) is 0. The molecule has 1 unspecified atom stereocenters. The smallest absolute Gasteiger partial charge is 0.153 e. The van der Waals surface area contributed by atoms with Gasteiger partial charge >= 0.3 is 0 Å². The molecule has 0 aromatic carbocycles. The first-order valence-electron chi connectivity index (χ1n) is 10.9. The number of allylic oxidation sites excluding steroid dienone is 8. The molecule has 0 saturated heterocycles. The second kappa shape index (κ2) is 12.0. The van der Waals surface area contributed by atoms with Gasteiger partial charge in [-0.2, -0.15) is 0 Å². The van der Waals surface area contributed by atoms with Gasteiger partial charge in [0.25, 0.3) is 0 Å². The van der Waals surface area contributed by atoms with Gasteiger partial charge in [-0.15, -0.1) is 0 Å². The summed E-state index contributed by atoms with van der Waals surface area (Å²) in [6.07, 6.45) is 26.1. The highest BCUT2D eigenvalue weighted by atomic mass is 16.3. The molecule has 1 N–H and O–H groups in total. The number of hydrogen-bond donors (Lipinski definition) is 1. The maximum absolute atomic E-state index is 10.4. The third kappa shape index (κ3) is 14.2. The molecular formula is C20H39B7O. The average Bonchev–Trinajstić information content (AvgIpc) is 2.60. The molecule has 0 radical (unpaired) electrons. The second-order valence-corrected chi connectivity index (χ2v) is 10.0. The third-order valence-corrected chi connectivity index (χ3v) is 4.70. The minimum Gasteiger partial charge on any atom is -0.391 e. The van der Waals surface area contributed by atoms with Crippen molar-refractivity contribution in [3.63, 3.8) is 0 Å². The van der Waals surface area contributed by atoms with Crippen LogP contribution in [0.1, 0.15) is 39.5 Å². The molecule has 8 heteroatoms. The van der Waals surface area contributed by atoms with E-state index in [1.807, 2.05) is 26.1 Å². The Labute approximate surface area is 181 Å². The van der Waals surface area contributed by atoms with Crippen LogP contribution in [0.3, 0.4) is 0 Å². The van der Waals surface area contributed by atoms with E-state index in [1.54, 1.807) is 0 Å². The molecule has 0 rings (SSSR count). The van der Waals surface area contributed by atoms with E-state index in [0.717, 1.165) is 12.8 Å². The number of aliphatic hydroxyl groups is 1. The monoisotopic (exact) mass is 372 g/mol. The summed E-state index contributed by atoms with van der Waals surface area (Å²) in [6.45, 7) is 4.30. The van der Waals surface area contributed by atoms with E-state index in [0.29, 0.717) is 0 Å². The van der Waals surface area contributed by atoms with Crippen molar-refractivity contribution in [2.45, 2.75) is 60.7 Å². The number of unbranched alkanes of at least 4 members (excludes halogenated alkanes) is 2. The summed E-state index contributed by atoms with van der Waals surface area (Å²) in [5.74, 6) is 0. The lowest BCUT2D eigenvalue weighted by Crippen LogP contribution is -2.23. The Morgan fingerprint density at radius 3 is 1.46 bits per heavy atom. The minimum absolute atomic E-state index is 0.0235. The molecular weight excluding hydrogens is 332 g/mol. The normalized spacial score (nSPS) is 16.8. The summed E-state index contributed by atoms with van der Waals surface area (Å²) in [7, 11) is 15.1. The average molecular weight is 371 g/mol. The summed E-state index contributed by atoms with van der Waals surface area (Å²) in [6, 6.07) is 0. The summed E-state index contributed by atoms with van der Waals surface area (Å²) < 4.78 is 0. The quantitative estimate of drug-likeness (QED) is 0.261. The molecule has 0 aliphatic rings. The van der Waals surface area contributed by atoms with Gasteiger partial charge < -0.3 is 5.11 Å². The van der Waals surface area contributed by atoms with E-state index in [4.69, 9.17) is 0 Å². The van der Waals surface area contributed by atoms with Gasteiger partial charge in [-0.25, -0.2) is 0 Å². The van der Waals surface area contributed by atoms with E-state index < -0.39 is 5.50 Å². The lowest BCUT2D eigenvalue weighted by Gasteiger charge is -2.23. The van der Waals surface area contributed by atoms with E-state index in [9.17, 15) is 5.11 Å². The molecule has 0 spiro atoms. The predicted octanol–water partition coefficient (Wildman–Crippen LogP) is -1.16. The van der Waals surface area contributed by atoms with Crippen LogP contribution in [0.15, 0.2) is 60.8 Å². The Balaban J connectivity index is 5.07. The maximum Gasteiger partial charge on any atom is 0.153 e. The van der Waals surface area contributed by atoms with Crippen LogP contribution in [0.2, 0.25) is 15.6 Å². The maximum atomic E-state index is 10.4. The van der Waals surface area contributed by atoms with Crippen molar-refractivity contribution in [3.05, 3.63) is 60.8 Å². The summed E-state index contributed by atoms with van der Waals surface area (Å²) in [5, 5.41) is 10.3. The van der Waals surface area contributed by atoms with Gasteiger partial charge in [-0.1, -0.05) is 103 Å². The van der Waals surface area contributed by atoms with Crippen LogP contribution in [0.5, 0.6) is 0 Å². The fraction of sp³-hybridized carbons (Fsp3) is 0.500. The Hall–Kier alpha value is -0.885. The largest absolute Gasteiger partial charge is 0.391 e. The zero-order valence-electron chi connectivity index (χ0n) is 20.0. The van der Waals surface area contributed by atoms with Gasteiger partial charge in [-0.3, -0.25) is 0 Å². The lowest BCUT2D eigenvalue weighted by atomic mass is 9.48. The highest BCUT2D eigenvalue weighted by molar-refractivity contribution is 6.45. The molecule has 0 aromatic heterocycles. The van der Waals surface area contributed by atoms with E-state index in [-0.39, 0.29) is 15.6 Å². The highest BCUT2D eigenvalue weighted by Gasteiger charge is 2.18. The zero-order chi connectivity index (χ0) is 21.9. The van der Waals surface area contributed by atoms with E-state index >= 15 is 0 Å². The second-order valence-electron chi connectivity index (χ2n) is 10.0. The van der Waals surface area contributed by atoms with Gasteiger partial charge in [0.1, 0.15) is 47.1 Å². The number of rotatable bonds is 12. The van der Waals surface area contributed by atoms with E-state index in [2.05, 4.69) is 103 Å². The fourth-order valence-electron chi connectivity index (χ4n) is 2.53. The van der Waals surface area contributed by atoms with Crippen LogP contribution >= 0.6 is 0 Å². The van der Waals surface area contributed by atoms with Crippen molar-refractivity contribution in [1.29, 1.82) is 0 Å². The Kier molecular flexibility index (Phi) is 11.6. The van der Waals surface area contributed by atoms with Gasteiger partial charge in [0.15, 0.2) is 7.85 Å². The molecule has 0 fully saturated rings.